The Morgan fingerprint density at radius 2 is 2.00 bits per heavy atom. The van der Waals surface area contributed by atoms with E-state index in [2.05, 4.69) is 4.74 Å². The lowest BCUT2D eigenvalue weighted by atomic mass is 10.0. The predicted molar refractivity (Wildman–Crippen MR) is 98.6 cm³/mol. The molecule has 0 radical (unpaired) electrons. The summed E-state index contributed by atoms with van der Waals surface area (Å²) in [5.74, 6) is -0.185. The van der Waals surface area contributed by atoms with Crippen molar-refractivity contribution in [3.8, 4) is 5.75 Å². The lowest BCUT2D eigenvalue weighted by Gasteiger charge is -2.37. The van der Waals surface area contributed by atoms with Crippen molar-refractivity contribution in [2.75, 3.05) is 38.4 Å². The number of ether oxygens (including phenoxy) is 4. The van der Waals surface area contributed by atoms with E-state index >= 15 is 0 Å². The van der Waals surface area contributed by atoms with E-state index in [1.165, 1.54) is 7.11 Å². The van der Waals surface area contributed by atoms with Crippen molar-refractivity contribution in [2.24, 2.45) is 5.92 Å². The summed E-state index contributed by atoms with van der Waals surface area (Å²) in [6, 6.07) is 7.62. The number of carbonyl (C=O) groups is 2. The zero-order valence-electron chi connectivity index (χ0n) is 15.9. The van der Waals surface area contributed by atoms with Crippen molar-refractivity contribution in [1.82, 2.24) is 0 Å². The number of hydrogen-bond acceptors (Lipinski definition) is 6. The number of nitrogens with zero attached hydrogens (tertiary/aromatic N) is 1. The van der Waals surface area contributed by atoms with Crippen LogP contribution in [0.2, 0.25) is 0 Å². The third-order valence-electron chi connectivity index (χ3n) is 4.99. The average molecular weight is 377 g/mol. The maximum Gasteiger partial charge on any atom is 0.310 e. The van der Waals surface area contributed by atoms with Gasteiger partial charge in [0.05, 0.1) is 32.4 Å². The Bertz CT molecular complexity index is 668. The molecule has 27 heavy (non-hydrogen) atoms. The van der Waals surface area contributed by atoms with Gasteiger partial charge >= 0.3 is 5.97 Å². The van der Waals surface area contributed by atoms with E-state index in [1.54, 1.807) is 11.8 Å². The number of anilines is 1. The van der Waals surface area contributed by atoms with Gasteiger partial charge in [0.15, 0.2) is 12.4 Å². The highest BCUT2D eigenvalue weighted by Gasteiger charge is 2.35. The smallest absolute Gasteiger partial charge is 0.310 e. The van der Waals surface area contributed by atoms with Gasteiger partial charge in [-0.05, 0) is 31.9 Å². The summed E-state index contributed by atoms with van der Waals surface area (Å²) in [5, 5.41) is 0. The fourth-order valence-electron chi connectivity index (χ4n) is 3.38. The number of benzene rings is 1. The Morgan fingerprint density at radius 3 is 2.74 bits per heavy atom. The highest BCUT2D eigenvalue weighted by molar-refractivity contribution is 5.97. The minimum absolute atomic E-state index is 0.00314. The van der Waals surface area contributed by atoms with Gasteiger partial charge in [0, 0.05) is 12.5 Å². The molecule has 0 unspecified atom stereocenters. The molecule has 2 heterocycles. The molecule has 3 rings (SSSR count). The van der Waals surface area contributed by atoms with Crippen LogP contribution in [0.3, 0.4) is 0 Å². The predicted octanol–water partition coefficient (Wildman–Crippen LogP) is 2.52. The minimum atomic E-state index is -0.895. The molecule has 0 bridgehead atoms. The number of unbranched alkanes of at least 4 members (excludes halogenated alkanes) is 1. The van der Waals surface area contributed by atoms with Gasteiger partial charge in [-0.2, -0.15) is 0 Å². The summed E-state index contributed by atoms with van der Waals surface area (Å²) in [4.78, 5) is 25.4. The van der Waals surface area contributed by atoms with Crippen LogP contribution in [0.25, 0.3) is 0 Å². The van der Waals surface area contributed by atoms with E-state index in [0.29, 0.717) is 25.7 Å². The van der Waals surface area contributed by atoms with Crippen LogP contribution in [-0.2, 0) is 23.8 Å². The van der Waals surface area contributed by atoms with Crippen LogP contribution in [0, 0.1) is 5.92 Å². The summed E-state index contributed by atoms with van der Waals surface area (Å²) in [6.07, 6.45) is 2.91. The summed E-state index contributed by atoms with van der Waals surface area (Å²) < 4.78 is 21.7. The Hall–Kier alpha value is -2.12. The van der Waals surface area contributed by atoms with Crippen molar-refractivity contribution >= 4 is 17.6 Å². The van der Waals surface area contributed by atoms with Crippen LogP contribution < -0.4 is 9.64 Å². The van der Waals surface area contributed by atoms with Crippen LogP contribution in [0.4, 0.5) is 5.69 Å². The first kappa shape index (κ1) is 19.6. The second-order valence-electron chi connectivity index (χ2n) is 7.17. The largest absolute Gasteiger partial charge is 0.482 e. The van der Waals surface area contributed by atoms with Crippen molar-refractivity contribution in [1.29, 1.82) is 0 Å². The third-order valence-corrected chi connectivity index (χ3v) is 4.99. The minimum Gasteiger partial charge on any atom is -0.482 e. The molecule has 0 N–H and O–H groups in total. The Balaban J connectivity index is 1.40. The lowest BCUT2D eigenvalue weighted by Crippen LogP contribution is -2.43. The van der Waals surface area contributed by atoms with E-state index in [4.69, 9.17) is 14.2 Å². The van der Waals surface area contributed by atoms with Crippen LogP contribution in [0.1, 0.15) is 32.6 Å². The molecule has 0 atom stereocenters. The van der Waals surface area contributed by atoms with E-state index < -0.39 is 5.79 Å². The summed E-state index contributed by atoms with van der Waals surface area (Å²) in [5.41, 5.74) is 0.844. The third kappa shape index (κ3) is 4.99. The van der Waals surface area contributed by atoms with Gasteiger partial charge in [-0.25, -0.2) is 0 Å². The second kappa shape index (κ2) is 8.71. The van der Waals surface area contributed by atoms with E-state index in [9.17, 15) is 9.59 Å². The molecule has 0 aliphatic carbocycles. The Kier molecular flexibility index (Phi) is 6.34. The summed E-state index contributed by atoms with van der Waals surface area (Å²) in [7, 11) is 1.36. The topological polar surface area (TPSA) is 74.3 Å². The van der Waals surface area contributed by atoms with Crippen LogP contribution in [0.15, 0.2) is 24.3 Å². The summed E-state index contributed by atoms with van der Waals surface area (Å²) in [6.45, 7) is 3.66. The molecule has 1 aromatic carbocycles. The maximum absolute atomic E-state index is 12.2. The number of fused-ring (bicyclic) bond motifs is 1. The van der Waals surface area contributed by atoms with Gasteiger partial charge in [0.1, 0.15) is 5.75 Å². The number of methoxy groups -OCH3 is 1. The molecule has 0 aromatic heterocycles. The number of para-hydroxylation sites is 2. The van der Waals surface area contributed by atoms with Gasteiger partial charge in [0.25, 0.3) is 5.91 Å². The average Bonchev–Trinajstić information content (AvgIpc) is 2.68. The fourth-order valence-corrected chi connectivity index (χ4v) is 3.38. The fraction of sp³-hybridized carbons (Fsp3) is 0.600. The first-order chi connectivity index (χ1) is 13.0. The Labute approximate surface area is 159 Å². The highest BCUT2D eigenvalue weighted by atomic mass is 16.7. The quantitative estimate of drug-likeness (QED) is 0.537. The number of hydrogen-bond donors (Lipinski definition) is 0. The van der Waals surface area contributed by atoms with Gasteiger partial charge in [-0.3, -0.25) is 9.59 Å². The normalized spacial score (nSPS) is 24.9. The van der Waals surface area contributed by atoms with Gasteiger partial charge in [0.2, 0.25) is 0 Å². The monoisotopic (exact) mass is 377 g/mol. The zero-order chi connectivity index (χ0) is 19.3. The zero-order valence-corrected chi connectivity index (χ0v) is 15.9. The SMILES string of the molecule is COC(=O)CC1(C)OCC(CCCCN2C(=O)COc3ccccc32)CO1. The standard InChI is InChI=1S/C20H27NO6/c1-20(11-19(23)24-2)26-12-15(13-27-20)7-5-6-10-21-16-8-3-4-9-17(16)25-14-18(21)22/h3-4,8-9,15H,5-7,10-14H2,1-2H3. The lowest BCUT2D eigenvalue weighted by molar-refractivity contribution is -0.275. The van der Waals surface area contributed by atoms with Crippen molar-refractivity contribution in [3.05, 3.63) is 24.3 Å². The molecular weight excluding hydrogens is 350 g/mol. The highest BCUT2D eigenvalue weighted by Crippen LogP contribution is 2.32. The van der Waals surface area contributed by atoms with Gasteiger partial charge in [-0.1, -0.05) is 18.6 Å². The molecule has 1 amide bonds. The molecule has 2 aliphatic rings. The van der Waals surface area contributed by atoms with E-state index in [-0.39, 0.29) is 24.9 Å². The maximum atomic E-state index is 12.2. The van der Waals surface area contributed by atoms with E-state index in [0.717, 1.165) is 30.7 Å². The van der Waals surface area contributed by atoms with E-state index in [1.807, 2.05) is 24.3 Å². The molecule has 0 saturated carbocycles. The first-order valence-corrected chi connectivity index (χ1v) is 9.38. The van der Waals surface area contributed by atoms with Gasteiger partial charge < -0.3 is 23.8 Å². The molecule has 7 nitrogen and oxygen atoms in total. The Morgan fingerprint density at radius 1 is 1.26 bits per heavy atom. The molecule has 2 aliphatic heterocycles. The van der Waals surface area contributed by atoms with Crippen molar-refractivity contribution in [2.45, 2.75) is 38.4 Å². The molecule has 1 saturated heterocycles. The van der Waals surface area contributed by atoms with Crippen LogP contribution in [-0.4, -0.2) is 51.1 Å². The summed E-state index contributed by atoms with van der Waals surface area (Å²) >= 11 is 0. The van der Waals surface area contributed by atoms with Crippen LogP contribution in [0.5, 0.6) is 5.75 Å². The number of amides is 1. The first-order valence-electron chi connectivity index (χ1n) is 9.38. The van der Waals surface area contributed by atoms with Crippen LogP contribution >= 0.6 is 0 Å². The molecule has 1 fully saturated rings. The molecule has 1 aromatic rings. The number of carbonyl (C=O) groups excluding carboxylic acids is 2. The molecule has 148 valence electrons. The molecule has 7 heteroatoms. The molecular formula is C20H27NO6. The van der Waals surface area contributed by atoms with Crippen molar-refractivity contribution < 1.29 is 28.5 Å². The number of esters is 1. The molecule has 0 spiro atoms. The van der Waals surface area contributed by atoms with Crippen molar-refractivity contribution in [3.63, 3.8) is 0 Å². The second-order valence-corrected chi connectivity index (χ2v) is 7.17. The number of rotatable bonds is 7. The van der Waals surface area contributed by atoms with Gasteiger partial charge in [-0.15, -0.1) is 0 Å².